The lowest BCUT2D eigenvalue weighted by Gasteiger charge is -2.01. The summed E-state index contributed by atoms with van der Waals surface area (Å²) in [5.74, 6) is 0.698. The molecule has 1 rings (SSSR count). The lowest BCUT2D eigenvalue weighted by Crippen LogP contribution is -1.97. The second kappa shape index (κ2) is 3.56. The van der Waals surface area contributed by atoms with E-state index in [1.807, 2.05) is 6.20 Å². The third-order valence-corrected chi connectivity index (χ3v) is 1.79. The van der Waals surface area contributed by atoms with E-state index in [-0.39, 0.29) is 0 Å². The monoisotopic (exact) mass is 152 g/mol. The van der Waals surface area contributed by atoms with Crippen LogP contribution in [0.25, 0.3) is 0 Å². The molecule has 0 aliphatic rings. The van der Waals surface area contributed by atoms with Crippen LogP contribution in [0.15, 0.2) is 6.20 Å². The molecular formula is C9H16N2. The maximum atomic E-state index is 4.20. The van der Waals surface area contributed by atoms with E-state index in [1.165, 1.54) is 11.3 Å². The first kappa shape index (κ1) is 8.31. The molecule has 2 nitrogen and oxygen atoms in total. The van der Waals surface area contributed by atoms with Crippen LogP contribution in [0.1, 0.15) is 32.0 Å². The van der Waals surface area contributed by atoms with Crippen molar-refractivity contribution in [2.75, 3.05) is 0 Å². The molecule has 11 heavy (non-hydrogen) atoms. The van der Waals surface area contributed by atoms with Gasteiger partial charge in [-0.1, -0.05) is 20.8 Å². The Morgan fingerprint density at radius 1 is 1.55 bits per heavy atom. The van der Waals surface area contributed by atoms with Crippen molar-refractivity contribution in [3.63, 3.8) is 0 Å². The summed E-state index contributed by atoms with van der Waals surface area (Å²) in [5.41, 5.74) is 2.60. The molecule has 1 aromatic heterocycles. The Bertz CT molecular complexity index is 213. The Hall–Kier alpha value is -0.790. The first-order chi connectivity index (χ1) is 5.24. The van der Waals surface area contributed by atoms with Crippen molar-refractivity contribution in [1.29, 1.82) is 0 Å². The predicted octanol–water partition coefficient (Wildman–Crippen LogP) is 2.17. The van der Waals surface area contributed by atoms with Gasteiger partial charge in [0.05, 0.1) is 5.69 Å². The third kappa shape index (κ3) is 2.07. The SMILES string of the molecule is CCc1c[nH]nc1CC(C)C. The van der Waals surface area contributed by atoms with Crippen LogP contribution >= 0.6 is 0 Å². The molecule has 0 unspecified atom stereocenters. The fourth-order valence-electron chi connectivity index (χ4n) is 1.21. The molecule has 0 bridgehead atoms. The van der Waals surface area contributed by atoms with Gasteiger partial charge in [0.2, 0.25) is 0 Å². The highest BCUT2D eigenvalue weighted by atomic mass is 15.1. The van der Waals surface area contributed by atoms with Crippen LogP contribution in [0.3, 0.4) is 0 Å². The lowest BCUT2D eigenvalue weighted by atomic mass is 10.0. The molecule has 0 atom stereocenters. The van der Waals surface area contributed by atoms with E-state index in [2.05, 4.69) is 31.0 Å². The summed E-state index contributed by atoms with van der Waals surface area (Å²) < 4.78 is 0. The van der Waals surface area contributed by atoms with Crippen molar-refractivity contribution >= 4 is 0 Å². The van der Waals surface area contributed by atoms with Gasteiger partial charge in [0.25, 0.3) is 0 Å². The van der Waals surface area contributed by atoms with E-state index >= 15 is 0 Å². The fraction of sp³-hybridized carbons (Fsp3) is 0.667. The quantitative estimate of drug-likeness (QED) is 0.706. The number of aromatic nitrogens is 2. The number of H-pyrrole nitrogens is 1. The van der Waals surface area contributed by atoms with Gasteiger partial charge in [-0.25, -0.2) is 0 Å². The molecule has 0 aliphatic carbocycles. The van der Waals surface area contributed by atoms with Gasteiger partial charge in [-0.05, 0) is 24.3 Å². The molecule has 0 amide bonds. The second-order valence-corrected chi connectivity index (χ2v) is 3.31. The topological polar surface area (TPSA) is 28.7 Å². The molecule has 0 fully saturated rings. The summed E-state index contributed by atoms with van der Waals surface area (Å²) in [6.07, 6.45) is 4.17. The largest absolute Gasteiger partial charge is 0.285 e. The van der Waals surface area contributed by atoms with Gasteiger partial charge in [-0.15, -0.1) is 0 Å². The number of nitrogens with one attached hydrogen (secondary N) is 1. The van der Waals surface area contributed by atoms with E-state index in [0.717, 1.165) is 12.8 Å². The fourth-order valence-corrected chi connectivity index (χ4v) is 1.21. The molecule has 1 heterocycles. The summed E-state index contributed by atoms with van der Waals surface area (Å²) in [6.45, 7) is 6.59. The Kier molecular flexibility index (Phi) is 2.69. The van der Waals surface area contributed by atoms with Crippen molar-refractivity contribution in [1.82, 2.24) is 10.2 Å². The van der Waals surface area contributed by atoms with Crippen molar-refractivity contribution in [2.24, 2.45) is 5.92 Å². The Morgan fingerprint density at radius 3 is 2.82 bits per heavy atom. The highest BCUT2D eigenvalue weighted by Crippen LogP contribution is 2.10. The van der Waals surface area contributed by atoms with E-state index in [0.29, 0.717) is 5.92 Å². The summed E-state index contributed by atoms with van der Waals surface area (Å²) in [6, 6.07) is 0. The van der Waals surface area contributed by atoms with E-state index in [9.17, 15) is 0 Å². The van der Waals surface area contributed by atoms with Crippen molar-refractivity contribution < 1.29 is 0 Å². The number of nitrogens with zero attached hydrogens (tertiary/aromatic N) is 1. The highest BCUT2D eigenvalue weighted by molar-refractivity contribution is 5.16. The molecule has 0 radical (unpaired) electrons. The van der Waals surface area contributed by atoms with Crippen LogP contribution in [0.4, 0.5) is 0 Å². The first-order valence-electron chi connectivity index (χ1n) is 4.25. The molecule has 0 spiro atoms. The Labute approximate surface area is 68.0 Å². The Morgan fingerprint density at radius 2 is 2.27 bits per heavy atom. The number of aromatic amines is 1. The highest BCUT2D eigenvalue weighted by Gasteiger charge is 2.04. The zero-order valence-corrected chi connectivity index (χ0v) is 7.52. The van der Waals surface area contributed by atoms with Gasteiger partial charge in [0.15, 0.2) is 0 Å². The second-order valence-electron chi connectivity index (χ2n) is 3.31. The maximum absolute atomic E-state index is 4.20. The third-order valence-electron chi connectivity index (χ3n) is 1.79. The van der Waals surface area contributed by atoms with Crippen LogP contribution in [0, 0.1) is 5.92 Å². The standard InChI is InChI=1S/C9H16N2/c1-4-8-6-10-11-9(8)5-7(2)3/h6-7H,4-5H2,1-3H3,(H,10,11). The van der Waals surface area contributed by atoms with Crippen LogP contribution in [0.2, 0.25) is 0 Å². The van der Waals surface area contributed by atoms with Gasteiger partial charge in [0, 0.05) is 6.20 Å². The maximum Gasteiger partial charge on any atom is 0.0656 e. The molecule has 62 valence electrons. The number of rotatable bonds is 3. The summed E-state index contributed by atoms with van der Waals surface area (Å²) in [4.78, 5) is 0. The number of hydrogen-bond acceptors (Lipinski definition) is 1. The average molecular weight is 152 g/mol. The van der Waals surface area contributed by atoms with Gasteiger partial charge in [-0.2, -0.15) is 5.10 Å². The molecule has 0 aromatic carbocycles. The van der Waals surface area contributed by atoms with E-state index in [4.69, 9.17) is 0 Å². The van der Waals surface area contributed by atoms with Crippen molar-refractivity contribution in [3.8, 4) is 0 Å². The minimum absolute atomic E-state index is 0.698. The lowest BCUT2D eigenvalue weighted by molar-refractivity contribution is 0.630. The minimum Gasteiger partial charge on any atom is -0.285 e. The van der Waals surface area contributed by atoms with Crippen LogP contribution in [-0.2, 0) is 12.8 Å². The molecule has 0 saturated heterocycles. The zero-order chi connectivity index (χ0) is 8.27. The number of aryl methyl sites for hydroxylation is 1. The number of hydrogen-bond donors (Lipinski definition) is 1. The minimum atomic E-state index is 0.698. The van der Waals surface area contributed by atoms with E-state index < -0.39 is 0 Å². The summed E-state index contributed by atoms with van der Waals surface area (Å²) in [5, 5.41) is 7.11. The van der Waals surface area contributed by atoms with E-state index in [1.54, 1.807) is 0 Å². The summed E-state index contributed by atoms with van der Waals surface area (Å²) >= 11 is 0. The van der Waals surface area contributed by atoms with Gasteiger partial charge in [-0.3, -0.25) is 5.10 Å². The molecule has 1 aromatic rings. The molecular weight excluding hydrogens is 136 g/mol. The average Bonchev–Trinajstić information content (AvgIpc) is 2.34. The van der Waals surface area contributed by atoms with Crippen molar-refractivity contribution in [3.05, 3.63) is 17.5 Å². The van der Waals surface area contributed by atoms with Gasteiger partial charge >= 0.3 is 0 Å². The smallest absolute Gasteiger partial charge is 0.0656 e. The van der Waals surface area contributed by atoms with Crippen LogP contribution in [-0.4, -0.2) is 10.2 Å². The zero-order valence-electron chi connectivity index (χ0n) is 7.52. The molecule has 0 saturated carbocycles. The van der Waals surface area contributed by atoms with Crippen LogP contribution in [0.5, 0.6) is 0 Å². The van der Waals surface area contributed by atoms with Crippen LogP contribution < -0.4 is 0 Å². The van der Waals surface area contributed by atoms with Crippen molar-refractivity contribution in [2.45, 2.75) is 33.6 Å². The van der Waals surface area contributed by atoms with Gasteiger partial charge in [0.1, 0.15) is 0 Å². The molecule has 1 N–H and O–H groups in total. The normalized spacial score (nSPS) is 10.9. The Balaban J connectivity index is 2.68. The van der Waals surface area contributed by atoms with Gasteiger partial charge < -0.3 is 0 Å². The summed E-state index contributed by atoms with van der Waals surface area (Å²) in [7, 11) is 0. The molecule has 2 heteroatoms. The molecule has 0 aliphatic heterocycles. The first-order valence-corrected chi connectivity index (χ1v) is 4.25. The predicted molar refractivity (Wildman–Crippen MR) is 46.5 cm³/mol.